The second kappa shape index (κ2) is 8.86. The predicted molar refractivity (Wildman–Crippen MR) is 121 cm³/mol. The van der Waals surface area contributed by atoms with Crippen molar-refractivity contribution >= 4 is 11.7 Å². The van der Waals surface area contributed by atoms with Gasteiger partial charge >= 0.3 is 6.18 Å². The lowest BCUT2D eigenvalue weighted by Gasteiger charge is -2.57. The predicted octanol–water partition coefficient (Wildman–Crippen LogP) is 4.01. The number of nitrogens with zero attached hydrogens (tertiary/aromatic N) is 6. The smallest absolute Gasteiger partial charge is 0.367 e. The monoisotopic (exact) mass is 483 g/mol. The van der Waals surface area contributed by atoms with Crippen LogP contribution in [0.5, 0.6) is 0 Å². The zero-order valence-electron chi connectivity index (χ0n) is 19.2. The quantitative estimate of drug-likeness (QED) is 0.586. The molecular weight excluding hydrogens is 459 g/mol. The number of halogens is 3. The summed E-state index contributed by atoms with van der Waals surface area (Å²) >= 11 is 0. The van der Waals surface area contributed by atoms with E-state index in [0.717, 1.165) is 19.0 Å². The fourth-order valence-electron chi connectivity index (χ4n) is 4.96. The first-order valence-electron chi connectivity index (χ1n) is 11.4. The van der Waals surface area contributed by atoms with Crippen molar-refractivity contribution in [2.75, 3.05) is 11.9 Å². The largest absolute Gasteiger partial charge is 0.434 e. The summed E-state index contributed by atoms with van der Waals surface area (Å²) in [5, 5.41) is 3.08. The van der Waals surface area contributed by atoms with Crippen LogP contribution in [-0.2, 0) is 6.18 Å². The molecule has 1 amide bonds. The van der Waals surface area contributed by atoms with Crippen LogP contribution < -0.4 is 5.32 Å². The van der Waals surface area contributed by atoms with Crippen molar-refractivity contribution in [1.82, 2.24) is 29.8 Å². The van der Waals surface area contributed by atoms with Crippen molar-refractivity contribution in [3.63, 3.8) is 0 Å². The van der Waals surface area contributed by atoms with Gasteiger partial charge in [0.1, 0.15) is 11.5 Å². The maximum Gasteiger partial charge on any atom is 0.434 e. The number of pyridine rings is 1. The fraction of sp³-hybridized carbons (Fsp3) is 0.417. The van der Waals surface area contributed by atoms with Crippen molar-refractivity contribution < 1.29 is 18.0 Å². The molecule has 3 aliphatic rings. The van der Waals surface area contributed by atoms with Gasteiger partial charge in [0.15, 0.2) is 11.5 Å². The molecule has 3 aromatic rings. The van der Waals surface area contributed by atoms with Crippen LogP contribution in [0.2, 0.25) is 0 Å². The van der Waals surface area contributed by atoms with Gasteiger partial charge in [-0.3, -0.25) is 4.79 Å². The molecule has 2 bridgehead atoms. The first-order chi connectivity index (χ1) is 16.7. The molecule has 1 unspecified atom stereocenters. The van der Waals surface area contributed by atoms with Gasteiger partial charge in [-0.25, -0.2) is 24.9 Å². The van der Waals surface area contributed by atoms with E-state index >= 15 is 0 Å². The molecule has 0 radical (unpaired) electrons. The molecule has 1 saturated carbocycles. The summed E-state index contributed by atoms with van der Waals surface area (Å²) in [5.74, 6) is 1.15. The van der Waals surface area contributed by atoms with E-state index < -0.39 is 11.9 Å². The normalized spacial score (nSPS) is 23.5. The average molecular weight is 483 g/mol. The lowest BCUT2D eigenvalue weighted by Crippen LogP contribution is -2.64. The zero-order chi connectivity index (χ0) is 24.7. The highest BCUT2D eigenvalue weighted by molar-refractivity contribution is 5.98. The molecule has 2 aliphatic heterocycles. The number of fused-ring (bicyclic) bond motifs is 2. The first-order valence-corrected chi connectivity index (χ1v) is 11.4. The van der Waals surface area contributed by atoms with E-state index in [0.29, 0.717) is 41.4 Å². The summed E-state index contributed by atoms with van der Waals surface area (Å²) < 4.78 is 38.4. The van der Waals surface area contributed by atoms with Gasteiger partial charge in [-0.15, -0.1) is 0 Å². The summed E-state index contributed by atoms with van der Waals surface area (Å²) in [5.41, 5.74) is 0.524. The molecule has 1 aliphatic carbocycles. The highest BCUT2D eigenvalue weighted by Crippen LogP contribution is 2.47. The molecule has 6 rings (SSSR count). The number of hydrogen-bond acceptors (Lipinski definition) is 7. The molecule has 2 atom stereocenters. The maximum absolute atomic E-state index is 13.9. The maximum atomic E-state index is 13.9. The Balaban J connectivity index is 1.41. The number of anilines is 1. The van der Waals surface area contributed by atoms with E-state index in [1.54, 1.807) is 18.5 Å². The van der Waals surface area contributed by atoms with Crippen molar-refractivity contribution in [2.24, 2.45) is 11.8 Å². The average Bonchev–Trinajstić information content (AvgIpc) is 2.82. The van der Waals surface area contributed by atoms with Crippen molar-refractivity contribution in [2.45, 2.75) is 44.9 Å². The minimum absolute atomic E-state index is 0.0843. The van der Waals surface area contributed by atoms with Gasteiger partial charge in [0.2, 0.25) is 0 Å². The van der Waals surface area contributed by atoms with Gasteiger partial charge in [-0.2, -0.15) is 13.2 Å². The Hall–Kier alpha value is -3.63. The Bertz CT molecular complexity index is 1210. The summed E-state index contributed by atoms with van der Waals surface area (Å²) in [6.45, 7) is 4.27. The van der Waals surface area contributed by atoms with Gasteiger partial charge in [-0.05, 0) is 49.8 Å². The molecular formula is C24H24F3N7O. The number of hydrogen-bond donors (Lipinski definition) is 1. The van der Waals surface area contributed by atoms with Crippen molar-refractivity contribution in [1.29, 1.82) is 0 Å². The Labute approximate surface area is 200 Å². The number of amides is 1. The number of carbonyl (C=O) groups is 1. The molecule has 182 valence electrons. The molecule has 8 nitrogen and oxygen atoms in total. The Kier molecular flexibility index (Phi) is 5.86. The fourth-order valence-corrected chi connectivity index (χ4v) is 4.96. The van der Waals surface area contributed by atoms with Crippen LogP contribution in [-0.4, -0.2) is 54.4 Å². The van der Waals surface area contributed by atoms with Crippen molar-refractivity contribution in [3.8, 4) is 11.4 Å². The van der Waals surface area contributed by atoms with E-state index in [1.807, 2.05) is 24.0 Å². The number of nitrogens with one attached hydrogen (secondary N) is 1. The Morgan fingerprint density at radius 2 is 1.86 bits per heavy atom. The van der Waals surface area contributed by atoms with E-state index in [1.165, 1.54) is 0 Å². The molecule has 35 heavy (non-hydrogen) atoms. The number of alkyl halides is 3. The molecule has 5 heterocycles. The van der Waals surface area contributed by atoms with Gasteiger partial charge in [0.05, 0.1) is 24.0 Å². The molecule has 0 spiro atoms. The van der Waals surface area contributed by atoms with E-state index in [4.69, 9.17) is 0 Å². The summed E-state index contributed by atoms with van der Waals surface area (Å²) in [7, 11) is 0. The van der Waals surface area contributed by atoms with Gasteiger partial charge in [-0.1, -0.05) is 6.92 Å². The van der Waals surface area contributed by atoms with Crippen LogP contribution >= 0.6 is 0 Å². The minimum Gasteiger partial charge on any atom is -0.367 e. The van der Waals surface area contributed by atoms with Gasteiger partial charge < -0.3 is 10.2 Å². The zero-order valence-corrected chi connectivity index (χ0v) is 19.2. The highest BCUT2D eigenvalue weighted by atomic mass is 19.4. The van der Waals surface area contributed by atoms with Crippen LogP contribution in [0.25, 0.3) is 11.4 Å². The van der Waals surface area contributed by atoms with Crippen LogP contribution in [0.15, 0.2) is 43.0 Å². The second-order valence-electron chi connectivity index (χ2n) is 9.11. The number of carbonyl (C=O) groups excluding carboxylic acids is 1. The molecule has 1 N–H and O–H groups in total. The number of rotatable bonds is 5. The summed E-state index contributed by atoms with van der Waals surface area (Å²) in [6.07, 6.45) is 2.31. The van der Waals surface area contributed by atoms with Crippen LogP contribution in [0.1, 0.15) is 41.6 Å². The van der Waals surface area contributed by atoms with Gasteiger partial charge in [0, 0.05) is 30.7 Å². The van der Waals surface area contributed by atoms with Crippen LogP contribution in [0.4, 0.5) is 19.0 Å². The minimum atomic E-state index is -4.55. The van der Waals surface area contributed by atoms with Crippen LogP contribution in [0.3, 0.4) is 0 Å². The lowest BCUT2D eigenvalue weighted by molar-refractivity contribution is -0.141. The number of aryl methyl sites for hydroxylation is 1. The SMILES string of the molecule is Cc1ccc(-c2ncccn2)c(C(=O)N2C3CC(C3)[C@@H](C)C2CNc2cnc(C(F)(F)F)cn2)n1. The van der Waals surface area contributed by atoms with Crippen molar-refractivity contribution in [3.05, 3.63) is 60.1 Å². The van der Waals surface area contributed by atoms with E-state index in [-0.39, 0.29) is 29.7 Å². The summed E-state index contributed by atoms with van der Waals surface area (Å²) in [6, 6.07) is 5.24. The number of piperidine rings is 2. The molecule has 3 fully saturated rings. The van der Waals surface area contributed by atoms with E-state index in [9.17, 15) is 18.0 Å². The van der Waals surface area contributed by atoms with E-state index in [2.05, 4.69) is 37.2 Å². The topological polar surface area (TPSA) is 96.8 Å². The third-order valence-corrected chi connectivity index (χ3v) is 6.96. The number of aromatic nitrogens is 5. The highest BCUT2D eigenvalue weighted by Gasteiger charge is 2.51. The second-order valence-corrected chi connectivity index (χ2v) is 9.11. The third-order valence-electron chi connectivity index (χ3n) is 6.96. The lowest BCUT2D eigenvalue weighted by atomic mass is 9.64. The molecule has 3 aromatic heterocycles. The molecule has 2 saturated heterocycles. The summed E-state index contributed by atoms with van der Waals surface area (Å²) in [4.78, 5) is 36.3. The third kappa shape index (κ3) is 4.42. The van der Waals surface area contributed by atoms with Crippen LogP contribution in [0, 0.1) is 18.8 Å². The standard InChI is InChI=1S/C24H24F3N7O/c1-13-4-5-17(22-28-6-3-7-29-22)21(33-13)23(35)34-16-8-15(9-16)14(2)18(34)10-31-20-12-30-19(11-32-20)24(25,26)27/h3-7,11-12,14-16,18H,8-10H2,1-2H3,(H,31,32)/t14-,15?,16?,18?/m1/s1. The molecule has 0 aromatic carbocycles. The molecule has 11 heteroatoms. The first kappa shape index (κ1) is 23.1. The Morgan fingerprint density at radius 1 is 1.11 bits per heavy atom. The van der Waals surface area contributed by atoms with Gasteiger partial charge in [0.25, 0.3) is 5.91 Å². The Morgan fingerprint density at radius 3 is 2.51 bits per heavy atom.